The first-order valence-corrected chi connectivity index (χ1v) is 7.44. The van der Waals surface area contributed by atoms with Crippen LogP contribution in [0.3, 0.4) is 0 Å². The molecule has 2 aromatic carbocycles. The van der Waals surface area contributed by atoms with Gasteiger partial charge in [0, 0.05) is 11.1 Å². The Balaban J connectivity index is 2.22. The Morgan fingerprint density at radius 1 is 1.00 bits per heavy atom. The molecule has 0 radical (unpaired) electrons. The maximum atomic E-state index is 11.4. The van der Waals surface area contributed by atoms with E-state index >= 15 is 0 Å². The first-order chi connectivity index (χ1) is 11.0. The Kier molecular flexibility index (Phi) is 3.74. The summed E-state index contributed by atoms with van der Waals surface area (Å²) in [7, 11) is 0. The van der Waals surface area contributed by atoms with Crippen molar-refractivity contribution in [3.05, 3.63) is 64.8 Å². The third-order valence-corrected chi connectivity index (χ3v) is 3.93. The monoisotopic (exact) mass is 306 g/mol. The molecule has 0 saturated heterocycles. The van der Waals surface area contributed by atoms with Crippen molar-refractivity contribution in [2.45, 2.75) is 20.8 Å². The zero-order chi connectivity index (χ0) is 16.6. The van der Waals surface area contributed by atoms with Gasteiger partial charge in [-0.3, -0.25) is 4.98 Å². The van der Waals surface area contributed by atoms with Gasteiger partial charge in [0.15, 0.2) is 0 Å². The van der Waals surface area contributed by atoms with Crippen LogP contribution in [0.4, 0.5) is 11.4 Å². The van der Waals surface area contributed by atoms with Gasteiger partial charge in [0.2, 0.25) is 0 Å². The minimum Gasteiger partial charge on any atom is -0.478 e. The van der Waals surface area contributed by atoms with E-state index in [0.717, 1.165) is 33.4 Å². The van der Waals surface area contributed by atoms with E-state index in [0.29, 0.717) is 5.69 Å². The summed E-state index contributed by atoms with van der Waals surface area (Å²) in [5.41, 5.74) is 5.75. The lowest BCUT2D eigenvalue weighted by Crippen LogP contribution is -2.04. The molecule has 0 fully saturated rings. The number of carboxylic acid groups (broad SMARTS) is 1. The molecule has 0 aliphatic carbocycles. The molecule has 2 N–H and O–H groups in total. The van der Waals surface area contributed by atoms with E-state index in [2.05, 4.69) is 22.4 Å². The van der Waals surface area contributed by atoms with Crippen molar-refractivity contribution < 1.29 is 9.90 Å². The van der Waals surface area contributed by atoms with E-state index in [9.17, 15) is 9.90 Å². The maximum Gasteiger partial charge on any atom is 0.337 e. The van der Waals surface area contributed by atoms with Gasteiger partial charge in [-0.2, -0.15) is 0 Å². The molecule has 0 amide bonds. The van der Waals surface area contributed by atoms with Gasteiger partial charge in [0.25, 0.3) is 0 Å². The summed E-state index contributed by atoms with van der Waals surface area (Å²) >= 11 is 0. The van der Waals surface area contributed by atoms with Gasteiger partial charge >= 0.3 is 5.97 Å². The van der Waals surface area contributed by atoms with Crippen molar-refractivity contribution in [3.63, 3.8) is 0 Å². The van der Waals surface area contributed by atoms with E-state index < -0.39 is 5.97 Å². The van der Waals surface area contributed by atoms with Crippen molar-refractivity contribution in [2.75, 3.05) is 5.32 Å². The molecule has 3 aromatic rings. The van der Waals surface area contributed by atoms with E-state index in [-0.39, 0.29) is 5.56 Å². The Morgan fingerprint density at radius 3 is 2.43 bits per heavy atom. The van der Waals surface area contributed by atoms with Gasteiger partial charge in [0.1, 0.15) is 0 Å². The van der Waals surface area contributed by atoms with E-state index in [1.54, 1.807) is 18.2 Å². The number of aryl methyl sites for hydroxylation is 3. The molecule has 1 aromatic heterocycles. The predicted octanol–water partition coefficient (Wildman–Crippen LogP) is 4.60. The van der Waals surface area contributed by atoms with Crippen LogP contribution in [-0.2, 0) is 0 Å². The zero-order valence-corrected chi connectivity index (χ0v) is 13.3. The number of anilines is 2. The number of para-hydroxylation sites is 1. The normalized spacial score (nSPS) is 10.7. The number of hydrogen-bond acceptors (Lipinski definition) is 3. The third-order valence-electron chi connectivity index (χ3n) is 3.93. The van der Waals surface area contributed by atoms with Crippen molar-refractivity contribution in [1.29, 1.82) is 0 Å². The number of fused-ring (bicyclic) bond motifs is 1. The second-order valence-electron chi connectivity index (χ2n) is 5.71. The highest BCUT2D eigenvalue weighted by Crippen LogP contribution is 2.31. The quantitative estimate of drug-likeness (QED) is 0.742. The molecule has 116 valence electrons. The van der Waals surface area contributed by atoms with Crippen LogP contribution in [0.25, 0.3) is 10.9 Å². The number of rotatable bonds is 3. The number of benzene rings is 2. The predicted molar refractivity (Wildman–Crippen MR) is 92.6 cm³/mol. The molecule has 0 spiro atoms. The summed E-state index contributed by atoms with van der Waals surface area (Å²) in [6, 6.07) is 13.0. The second-order valence-corrected chi connectivity index (χ2v) is 5.71. The van der Waals surface area contributed by atoms with Crippen LogP contribution < -0.4 is 5.32 Å². The molecule has 23 heavy (non-hydrogen) atoms. The number of aromatic carboxylic acids is 1. The van der Waals surface area contributed by atoms with Crippen LogP contribution in [0.5, 0.6) is 0 Å². The van der Waals surface area contributed by atoms with Crippen LogP contribution >= 0.6 is 0 Å². The Bertz CT molecular complexity index is 917. The van der Waals surface area contributed by atoms with Crippen LogP contribution in [0, 0.1) is 20.8 Å². The number of hydrogen-bond donors (Lipinski definition) is 2. The summed E-state index contributed by atoms with van der Waals surface area (Å²) in [6.45, 7) is 6.01. The molecule has 0 unspecified atom stereocenters. The minimum atomic E-state index is -0.948. The SMILES string of the molecule is Cc1cc(Nc2ccccc2C(=O)O)c2c(C)ccc(C)c2n1. The first-order valence-electron chi connectivity index (χ1n) is 7.44. The zero-order valence-electron chi connectivity index (χ0n) is 13.3. The summed E-state index contributed by atoms with van der Waals surface area (Å²) in [6.07, 6.45) is 0. The molecule has 0 saturated carbocycles. The lowest BCUT2D eigenvalue weighted by atomic mass is 10.0. The second kappa shape index (κ2) is 5.72. The van der Waals surface area contributed by atoms with Crippen LogP contribution in [0.15, 0.2) is 42.5 Å². The fraction of sp³-hybridized carbons (Fsp3) is 0.158. The molecule has 0 atom stereocenters. The summed E-state index contributed by atoms with van der Waals surface area (Å²) in [5, 5.41) is 13.7. The highest BCUT2D eigenvalue weighted by atomic mass is 16.4. The van der Waals surface area contributed by atoms with Gasteiger partial charge in [0.05, 0.1) is 22.5 Å². The summed E-state index contributed by atoms with van der Waals surface area (Å²) < 4.78 is 0. The maximum absolute atomic E-state index is 11.4. The number of carboxylic acids is 1. The average molecular weight is 306 g/mol. The summed E-state index contributed by atoms with van der Waals surface area (Å²) in [5.74, 6) is -0.948. The fourth-order valence-corrected chi connectivity index (χ4v) is 2.79. The molecular weight excluding hydrogens is 288 g/mol. The van der Waals surface area contributed by atoms with Crippen molar-refractivity contribution in [1.82, 2.24) is 4.98 Å². The first kappa shape index (κ1) is 15.0. The molecule has 0 aliphatic heterocycles. The van der Waals surface area contributed by atoms with E-state index in [4.69, 9.17) is 0 Å². The van der Waals surface area contributed by atoms with Gasteiger partial charge in [-0.15, -0.1) is 0 Å². The molecule has 4 nitrogen and oxygen atoms in total. The average Bonchev–Trinajstić information content (AvgIpc) is 2.51. The van der Waals surface area contributed by atoms with Crippen molar-refractivity contribution in [3.8, 4) is 0 Å². The molecule has 0 aliphatic rings. The highest BCUT2D eigenvalue weighted by Gasteiger charge is 2.13. The topological polar surface area (TPSA) is 62.2 Å². The van der Waals surface area contributed by atoms with Crippen LogP contribution in [0.1, 0.15) is 27.2 Å². The Morgan fingerprint density at radius 2 is 1.70 bits per heavy atom. The molecule has 1 heterocycles. The number of nitrogens with zero attached hydrogens (tertiary/aromatic N) is 1. The van der Waals surface area contributed by atoms with Gasteiger partial charge in [-0.1, -0.05) is 24.3 Å². The lowest BCUT2D eigenvalue weighted by molar-refractivity contribution is 0.0698. The molecule has 0 bridgehead atoms. The van der Waals surface area contributed by atoms with Gasteiger partial charge in [-0.25, -0.2) is 4.79 Å². The van der Waals surface area contributed by atoms with Crippen molar-refractivity contribution in [2.24, 2.45) is 0 Å². The fourth-order valence-electron chi connectivity index (χ4n) is 2.79. The van der Waals surface area contributed by atoms with Crippen LogP contribution in [0.2, 0.25) is 0 Å². The number of carbonyl (C=O) groups is 1. The number of pyridine rings is 1. The molecular formula is C19H18N2O2. The minimum absolute atomic E-state index is 0.250. The molecule has 3 rings (SSSR count). The standard InChI is InChI=1S/C19H18N2O2/c1-11-8-9-12(2)18-17(11)16(10-13(3)20-18)21-15-7-5-4-6-14(15)19(22)23/h4-10H,1-3H3,(H,20,21)(H,22,23). The van der Waals surface area contributed by atoms with Gasteiger partial charge < -0.3 is 10.4 Å². The number of aromatic nitrogens is 1. The number of nitrogens with one attached hydrogen (secondary N) is 1. The van der Waals surface area contributed by atoms with Crippen molar-refractivity contribution >= 4 is 28.2 Å². The van der Waals surface area contributed by atoms with E-state index in [1.165, 1.54) is 0 Å². The Hall–Kier alpha value is -2.88. The molecule has 4 heteroatoms. The van der Waals surface area contributed by atoms with Crippen LogP contribution in [-0.4, -0.2) is 16.1 Å². The lowest BCUT2D eigenvalue weighted by Gasteiger charge is -2.15. The van der Waals surface area contributed by atoms with Gasteiger partial charge in [-0.05, 0) is 50.1 Å². The smallest absolute Gasteiger partial charge is 0.337 e. The van der Waals surface area contributed by atoms with E-state index in [1.807, 2.05) is 32.9 Å². The summed E-state index contributed by atoms with van der Waals surface area (Å²) in [4.78, 5) is 16.1. The largest absolute Gasteiger partial charge is 0.478 e. The third kappa shape index (κ3) is 2.75. The highest BCUT2D eigenvalue weighted by molar-refractivity contribution is 6.00. The Labute approximate surface area is 134 Å².